The fourth-order valence-electron chi connectivity index (χ4n) is 7.37. The molecule has 43 heavy (non-hydrogen) atoms. The molecule has 0 aromatic heterocycles. The van der Waals surface area contributed by atoms with E-state index in [9.17, 15) is 14.4 Å². The van der Waals surface area contributed by atoms with E-state index in [0.29, 0.717) is 22.6 Å². The minimum absolute atomic E-state index is 0.189. The van der Waals surface area contributed by atoms with Crippen LogP contribution in [0.1, 0.15) is 49.9 Å². The molecule has 1 saturated heterocycles. The molecule has 4 aromatic carbocycles. The third-order valence-electron chi connectivity index (χ3n) is 9.39. The quantitative estimate of drug-likeness (QED) is 0.276. The van der Waals surface area contributed by atoms with E-state index in [1.54, 1.807) is 31.4 Å². The summed E-state index contributed by atoms with van der Waals surface area (Å²) in [6, 6.07) is 26.6. The molecule has 0 bridgehead atoms. The van der Waals surface area contributed by atoms with Crippen molar-refractivity contribution < 1.29 is 19.1 Å². The molecule has 4 atom stereocenters. The van der Waals surface area contributed by atoms with Crippen LogP contribution in [0.5, 0.6) is 5.75 Å². The highest BCUT2D eigenvalue weighted by Gasteiger charge is 2.70. The Morgan fingerprint density at radius 2 is 1.47 bits per heavy atom. The van der Waals surface area contributed by atoms with Crippen LogP contribution in [0.25, 0.3) is 5.57 Å². The van der Waals surface area contributed by atoms with Crippen molar-refractivity contribution in [1.29, 1.82) is 0 Å². The summed E-state index contributed by atoms with van der Waals surface area (Å²) in [4.78, 5) is 46.3. The lowest BCUT2D eigenvalue weighted by atomic mass is 9.64. The second kappa shape index (κ2) is 9.80. The number of ether oxygens (including phenoxy) is 1. The van der Waals surface area contributed by atoms with Crippen LogP contribution in [0.3, 0.4) is 0 Å². The number of ketones is 2. The monoisotopic (exact) mass is 568 g/mol. The lowest BCUT2D eigenvalue weighted by molar-refractivity contribution is -0.121. The largest absolute Gasteiger partial charge is 0.497 e. The minimum atomic E-state index is -1.34. The number of fused-ring (bicyclic) bond motifs is 6. The average molecular weight is 569 g/mol. The third-order valence-corrected chi connectivity index (χ3v) is 9.39. The molecule has 3 aliphatic heterocycles. The predicted octanol–water partition coefficient (Wildman–Crippen LogP) is 6.56. The van der Waals surface area contributed by atoms with Crippen LogP contribution in [-0.2, 0) is 10.2 Å². The molecule has 1 fully saturated rings. The summed E-state index contributed by atoms with van der Waals surface area (Å²) in [6.45, 7) is 6.05. The lowest BCUT2D eigenvalue weighted by Crippen LogP contribution is -2.51. The molecule has 0 aliphatic carbocycles. The highest BCUT2D eigenvalue weighted by molar-refractivity contribution is 6.18. The molecular formula is C37H32N2O4. The second-order valence-corrected chi connectivity index (χ2v) is 11.8. The zero-order chi connectivity index (χ0) is 30.0. The number of carbonyl (C=O) groups excluding carboxylic acids is 3. The van der Waals surface area contributed by atoms with Gasteiger partial charge in [-0.3, -0.25) is 14.4 Å². The Morgan fingerprint density at radius 1 is 0.814 bits per heavy atom. The summed E-state index contributed by atoms with van der Waals surface area (Å²) >= 11 is 0. The number of Topliss-reactive ketones (excluding diaryl/α,β-unsaturated/α-hetero) is 2. The molecule has 4 aromatic rings. The number of para-hydroxylation sites is 1. The molecule has 3 aliphatic rings. The standard InChI is InChI=1S/C37H32N2O4/c1-21-9-12-25(13-10-21)35(41)33-32(34(40)24-14-16-26(43-4)17-15-24)37(28-7-5-6-8-29(28)38-36(37)42)31-20-23(3)27-19-22(2)11-18-30(27)39(31)33/h5-20,31-33H,1-4H3,(H,38,42)/t31-,32+,33-,37-/m1/s1. The van der Waals surface area contributed by atoms with Gasteiger partial charge in [0.25, 0.3) is 0 Å². The molecule has 1 spiro atoms. The number of anilines is 2. The Bertz CT molecular complexity index is 1840. The van der Waals surface area contributed by atoms with Gasteiger partial charge in [-0.15, -0.1) is 0 Å². The van der Waals surface area contributed by atoms with Crippen LogP contribution < -0.4 is 15.0 Å². The van der Waals surface area contributed by atoms with Crippen molar-refractivity contribution in [1.82, 2.24) is 0 Å². The molecular weight excluding hydrogens is 536 g/mol. The molecule has 0 saturated carbocycles. The number of amides is 1. The van der Waals surface area contributed by atoms with Crippen LogP contribution in [0.4, 0.5) is 11.4 Å². The van der Waals surface area contributed by atoms with Crippen LogP contribution in [0, 0.1) is 19.8 Å². The maximum absolute atomic E-state index is 14.9. The van der Waals surface area contributed by atoms with E-state index in [2.05, 4.69) is 22.4 Å². The summed E-state index contributed by atoms with van der Waals surface area (Å²) in [5.74, 6) is -1.11. The van der Waals surface area contributed by atoms with Crippen LogP contribution in [0.2, 0.25) is 0 Å². The van der Waals surface area contributed by atoms with Crippen molar-refractivity contribution in [3.05, 3.63) is 130 Å². The van der Waals surface area contributed by atoms with Gasteiger partial charge in [-0.2, -0.15) is 0 Å². The fraction of sp³-hybridized carbons (Fsp3) is 0.216. The lowest BCUT2D eigenvalue weighted by Gasteiger charge is -2.39. The zero-order valence-electron chi connectivity index (χ0n) is 24.5. The van der Waals surface area contributed by atoms with Gasteiger partial charge in [-0.25, -0.2) is 0 Å². The van der Waals surface area contributed by atoms with Gasteiger partial charge in [0.2, 0.25) is 5.91 Å². The zero-order valence-corrected chi connectivity index (χ0v) is 24.5. The highest BCUT2D eigenvalue weighted by Crippen LogP contribution is 2.59. The smallest absolute Gasteiger partial charge is 0.238 e. The SMILES string of the molecule is COc1ccc(C(=O)[C@@H]2[C@H](C(=O)c3ccc(C)cc3)N3c4ccc(C)cc4C(C)=C[C@@H]3[C@@]23C(=O)Nc2ccccc23)cc1. The van der Waals surface area contributed by atoms with Gasteiger partial charge in [0.1, 0.15) is 17.2 Å². The normalized spacial score (nSPS) is 23.3. The Kier molecular flexibility index (Phi) is 6.13. The number of carbonyl (C=O) groups is 3. The van der Waals surface area contributed by atoms with Crippen molar-refractivity contribution in [3.63, 3.8) is 0 Å². The summed E-state index contributed by atoms with van der Waals surface area (Å²) < 4.78 is 5.35. The Hall–Kier alpha value is -4.97. The Labute approximate surface area is 251 Å². The van der Waals surface area contributed by atoms with E-state index in [-0.39, 0.29) is 17.5 Å². The molecule has 1 amide bonds. The topological polar surface area (TPSA) is 75.7 Å². The minimum Gasteiger partial charge on any atom is -0.497 e. The first-order valence-electron chi connectivity index (χ1n) is 14.5. The molecule has 6 heteroatoms. The number of hydrogen-bond acceptors (Lipinski definition) is 5. The predicted molar refractivity (Wildman–Crippen MR) is 168 cm³/mol. The van der Waals surface area contributed by atoms with Crippen molar-refractivity contribution in [3.8, 4) is 5.75 Å². The van der Waals surface area contributed by atoms with E-state index < -0.39 is 23.4 Å². The first-order chi connectivity index (χ1) is 20.7. The molecule has 1 N–H and O–H groups in total. The number of nitrogens with zero attached hydrogens (tertiary/aromatic N) is 1. The summed E-state index contributed by atoms with van der Waals surface area (Å²) in [5.41, 5.74) is 5.97. The molecule has 3 heterocycles. The van der Waals surface area contributed by atoms with Crippen molar-refractivity contribution >= 4 is 34.4 Å². The van der Waals surface area contributed by atoms with E-state index in [1.165, 1.54) is 0 Å². The van der Waals surface area contributed by atoms with E-state index >= 15 is 0 Å². The number of hydrogen-bond donors (Lipinski definition) is 1. The van der Waals surface area contributed by atoms with Crippen molar-refractivity contribution in [2.45, 2.75) is 38.3 Å². The Morgan fingerprint density at radius 3 is 2.19 bits per heavy atom. The summed E-state index contributed by atoms with van der Waals surface area (Å²) in [5, 5.41) is 3.09. The van der Waals surface area contributed by atoms with Crippen molar-refractivity contribution in [2.24, 2.45) is 5.92 Å². The van der Waals surface area contributed by atoms with E-state index in [4.69, 9.17) is 4.74 Å². The number of allylic oxidation sites excluding steroid dienone is 1. The van der Waals surface area contributed by atoms with Crippen LogP contribution >= 0.6 is 0 Å². The van der Waals surface area contributed by atoms with Gasteiger partial charge in [-0.1, -0.05) is 65.7 Å². The Balaban J connectivity index is 1.54. The molecule has 0 radical (unpaired) electrons. The van der Waals surface area contributed by atoms with Crippen LogP contribution in [0.15, 0.2) is 97.1 Å². The molecule has 6 nitrogen and oxygen atoms in total. The van der Waals surface area contributed by atoms with Gasteiger partial charge in [0.15, 0.2) is 11.6 Å². The molecule has 0 unspecified atom stereocenters. The van der Waals surface area contributed by atoms with Gasteiger partial charge in [0, 0.05) is 28.1 Å². The number of aryl methyl sites for hydroxylation is 2. The van der Waals surface area contributed by atoms with E-state index in [1.807, 2.05) is 81.4 Å². The highest BCUT2D eigenvalue weighted by atomic mass is 16.5. The van der Waals surface area contributed by atoms with Gasteiger partial charge in [-0.05, 0) is 74.4 Å². The average Bonchev–Trinajstić information content (AvgIpc) is 3.49. The van der Waals surface area contributed by atoms with Gasteiger partial charge < -0.3 is 15.0 Å². The van der Waals surface area contributed by atoms with Crippen molar-refractivity contribution in [2.75, 3.05) is 17.3 Å². The third kappa shape index (κ3) is 3.82. The summed E-state index contributed by atoms with van der Waals surface area (Å²) in [6.07, 6.45) is 2.08. The number of benzene rings is 4. The number of rotatable bonds is 5. The number of methoxy groups -OCH3 is 1. The maximum atomic E-state index is 14.9. The first kappa shape index (κ1) is 26.9. The van der Waals surface area contributed by atoms with Gasteiger partial charge in [0.05, 0.1) is 19.1 Å². The number of nitrogens with one attached hydrogen (secondary N) is 1. The molecule has 7 rings (SSSR count). The second-order valence-electron chi connectivity index (χ2n) is 11.8. The van der Waals surface area contributed by atoms with E-state index in [0.717, 1.165) is 33.5 Å². The van der Waals surface area contributed by atoms with Crippen LogP contribution in [-0.4, -0.2) is 36.7 Å². The summed E-state index contributed by atoms with van der Waals surface area (Å²) in [7, 11) is 1.57. The maximum Gasteiger partial charge on any atom is 0.238 e. The first-order valence-corrected chi connectivity index (χ1v) is 14.5. The molecule has 214 valence electrons. The fourth-order valence-corrected chi connectivity index (χ4v) is 7.37. The van der Waals surface area contributed by atoms with Gasteiger partial charge >= 0.3 is 0 Å².